The van der Waals surface area contributed by atoms with Gasteiger partial charge in [-0.3, -0.25) is 9.59 Å². The first-order valence-corrected chi connectivity index (χ1v) is 11.8. The number of alkyl carbamates (subject to hydrolysis) is 1. The fraction of sp³-hybridized carbons (Fsp3) is 0.500. The van der Waals surface area contributed by atoms with Crippen molar-refractivity contribution in [1.29, 1.82) is 0 Å². The molecule has 1 aromatic heterocycles. The molecule has 1 aromatic carbocycles. The predicted octanol–water partition coefficient (Wildman–Crippen LogP) is 4.40. The van der Waals surface area contributed by atoms with Gasteiger partial charge in [-0.15, -0.1) is 0 Å². The Morgan fingerprint density at radius 2 is 1.82 bits per heavy atom. The van der Waals surface area contributed by atoms with E-state index in [1.54, 1.807) is 19.2 Å². The largest absolute Gasteiger partial charge is 0.451 e. The van der Waals surface area contributed by atoms with E-state index in [0.29, 0.717) is 12.3 Å². The molecule has 1 atom stereocenters. The van der Waals surface area contributed by atoms with Gasteiger partial charge in [0.15, 0.2) is 5.76 Å². The number of hydrogen-bond donors (Lipinski definition) is 3. The Labute approximate surface area is 200 Å². The third-order valence-corrected chi connectivity index (χ3v) is 5.81. The average Bonchev–Trinajstić information content (AvgIpc) is 3.31. The number of amides is 3. The summed E-state index contributed by atoms with van der Waals surface area (Å²) in [5.74, 6) is 0.210. The van der Waals surface area contributed by atoms with Gasteiger partial charge < -0.3 is 25.1 Å². The summed E-state index contributed by atoms with van der Waals surface area (Å²) in [6, 6.07) is 10.3. The molecule has 0 bridgehead atoms. The first kappa shape index (κ1) is 25.3. The number of nitrogens with one attached hydrogen (secondary N) is 3. The van der Waals surface area contributed by atoms with Crippen LogP contribution in [0.4, 0.5) is 4.79 Å². The number of rotatable bonds is 7. The highest BCUT2D eigenvalue weighted by molar-refractivity contribution is 5.96. The molecule has 0 aliphatic heterocycles. The van der Waals surface area contributed by atoms with Gasteiger partial charge >= 0.3 is 6.09 Å². The Morgan fingerprint density at radius 1 is 1.09 bits per heavy atom. The van der Waals surface area contributed by atoms with Crippen LogP contribution in [0.2, 0.25) is 0 Å². The minimum absolute atomic E-state index is 0.126. The molecule has 3 amide bonds. The van der Waals surface area contributed by atoms with E-state index < -0.39 is 23.6 Å². The predicted molar refractivity (Wildman–Crippen MR) is 129 cm³/mol. The fourth-order valence-electron chi connectivity index (χ4n) is 4.17. The Hall–Kier alpha value is -3.29. The zero-order chi connectivity index (χ0) is 24.7. The lowest BCUT2D eigenvalue weighted by Gasteiger charge is -2.29. The van der Waals surface area contributed by atoms with Gasteiger partial charge in [0.1, 0.15) is 17.4 Å². The maximum absolute atomic E-state index is 12.9. The van der Waals surface area contributed by atoms with Gasteiger partial charge in [-0.05, 0) is 63.3 Å². The highest BCUT2D eigenvalue weighted by atomic mass is 16.6. The van der Waals surface area contributed by atoms with Crippen LogP contribution in [-0.2, 0) is 16.1 Å². The van der Waals surface area contributed by atoms with Gasteiger partial charge in [0, 0.05) is 19.2 Å². The number of benzene rings is 1. The van der Waals surface area contributed by atoms with Crippen LogP contribution in [0.1, 0.15) is 69.0 Å². The lowest BCUT2D eigenvalue weighted by atomic mass is 9.83. The molecule has 1 aliphatic carbocycles. The summed E-state index contributed by atoms with van der Waals surface area (Å²) in [5, 5.41) is 8.27. The van der Waals surface area contributed by atoms with Crippen LogP contribution >= 0.6 is 0 Å². The highest BCUT2D eigenvalue weighted by Gasteiger charge is 2.31. The van der Waals surface area contributed by atoms with Crippen molar-refractivity contribution in [3.8, 4) is 11.3 Å². The zero-order valence-corrected chi connectivity index (χ0v) is 20.4. The van der Waals surface area contributed by atoms with Crippen molar-refractivity contribution < 1.29 is 23.5 Å². The number of ether oxygens (including phenoxy) is 1. The van der Waals surface area contributed by atoms with Crippen LogP contribution in [0.3, 0.4) is 0 Å². The number of hydrogen-bond acceptors (Lipinski definition) is 5. The zero-order valence-electron chi connectivity index (χ0n) is 20.4. The van der Waals surface area contributed by atoms with Crippen LogP contribution in [0.15, 0.2) is 40.8 Å². The number of likely N-dealkylation sites (N-methyl/N-ethyl adjacent to an activating group) is 1. The molecular formula is C26H35N3O5. The molecule has 3 N–H and O–H groups in total. The van der Waals surface area contributed by atoms with E-state index in [4.69, 9.17) is 9.15 Å². The monoisotopic (exact) mass is 469 g/mol. The summed E-state index contributed by atoms with van der Waals surface area (Å²) in [6.07, 6.45) is 4.66. The van der Waals surface area contributed by atoms with Crippen LogP contribution in [0.25, 0.3) is 11.3 Å². The second kappa shape index (κ2) is 11.2. The summed E-state index contributed by atoms with van der Waals surface area (Å²) in [4.78, 5) is 37.2. The molecular weight excluding hydrogens is 434 g/mol. The van der Waals surface area contributed by atoms with Crippen LogP contribution < -0.4 is 16.0 Å². The molecule has 8 heteroatoms. The molecule has 1 aliphatic rings. The Morgan fingerprint density at radius 3 is 2.50 bits per heavy atom. The minimum Gasteiger partial charge on any atom is -0.451 e. The molecule has 8 nitrogen and oxygen atoms in total. The van der Waals surface area contributed by atoms with E-state index in [-0.39, 0.29) is 17.6 Å². The number of carbonyl (C=O) groups is 3. The van der Waals surface area contributed by atoms with Crippen molar-refractivity contribution in [2.45, 2.75) is 71.1 Å². The molecule has 0 spiro atoms. The third kappa shape index (κ3) is 7.10. The summed E-state index contributed by atoms with van der Waals surface area (Å²) < 4.78 is 11.1. The molecule has 0 unspecified atom stereocenters. The van der Waals surface area contributed by atoms with Gasteiger partial charge in [0.2, 0.25) is 5.91 Å². The first-order valence-electron chi connectivity index (χ1n) is 11.8. The van der Waals surface area contributed by atoms with Crippen LogP contribution in [-0.4, -0.2) is 36.6 Å². The molecule has 184 valence electrons. The second-order valence-electron chi connectivity index (χ2n) is 9.68. The van der Waals surface area contributed by atoms with Crippen molar-refractivity contribution in [2.75, 3.05) is 7.05 Å². The normalized spacial score (nSPS) is 15.3. The molecule has 0 radical (unpaired) electrons. The highest BCUT2D eigenvalue weighted by Crippen LogP contribution is 2.28. The van der Waals surface area contributed by atoms with Crippen molar-refractivity contribution >= 4 is 17.9 Å². The molecule has 3 rings (SSSR count). The number of carbonyl (C=O) groups excluding carboxylic acids is 3. The fourth-order valence-corrected chi connectivity index (χ4v) is 4.17. The van der Waals surface area contributed by atoms with Gasteiger partial charge in [-0.25, -0.2) is 4.79 Å². The van der Waals surface area contributed by atoms with Crippen LogP contribution in [0.5, 0.6) is 0 Å². The van der Waals surface area contributed by atoms with Crippen molar-refractivity contribution in [3.63, 3.8) is 0 Å². The van der Waals surface area contributed by atoms with Gasteiger partial charge in [-0.2, -0.15) is 0 Å². The van der Waals surface area contributed by atoms with Gasteiger partial charge in [0.05, 0.1) is 0 Å². The first-order chi connectivity index (χ1) is 16.2. The molecule has 34 heavy (non-hydrogen) atoms. The molecule has 1 saturated carbocycles. The third-order valence-electron chi connectivity index (χ3n) is 5.81. The van der Waals surface area contributed by atoms with E-state index >= 15 is 0 Å². The Balaban J connectivity index is 1.66. The SMILES string of the molecule is CNC(=O)[C@@H](NC(=O)c1ccc(-c2cccc(CNC(=O)OC(C)(C)C)c2)o1)C1CCCCC1. The summed E-state index contributed by atoms with van der Waals surface area (Å²) >= 11 is 0. The van der Waals surface area contributed by atoms with E-state index in [9.17, 15) is 14.4 Å². The molecule has 2 aromatic rings. The standard InChI is InChI=1S/C26H35N3O5/c1-26(2,3)34-25(32)28-16-17-9-8-12-19(15-17)20-13-14-21(33-20)23(30)29-22(24(31)27-4)18-10-6-5-7-11-18/h8-9,12-15,18,22H,5-7,10-11,16H2,1-4H3,(H,27,31)(H,28,32)(H,29,30)/t22-/m0/s1. The summed E-state index contributed by atoms with van der Waals surface area (Å²) in [5.41, 5.74) is 1.07. The van der Waals surface area contributed by atoms with Gasteiger partial charge in [0.25, 0.3) is 5.91 Å². The Kier molecular flexibility index (Phi) is 8.36. The Bertz CT molecular complexity index is 1000. The maximum Gasteiger partial charge on any atom is 0.407 e. The number of furan rings is 1. The van der Waals surface area contributed by atoms with Gasteiger partial charge in [-0.1, -0.05) is 37.5 Å². The lowest BCUT2D eigenvalue weighted by Crippen LogP contribution is -2.50. The summed E-state index contributed by atoms with van der Waals surface area (Å²) in [7, 11) is 1.58. The lowest BCUT2D eigenvalue weighted by molar-refractivity contribution is -0.124. The van der Waals surface area contributed by atoms with Crippen molar-refractivity contribution in [1.82, 2.24) is 16.0 Å². The van der Waals surface area contributed by atoms with Crippen molar-refractivity contribution in [3.05, 3.63) is 47.7 Å². The second-order valence-corrected chi connectivity index (χ2v) is 9.68. The molecule has 1 fully saturated rings. The summed E-state index contributed by atoms with van der Waals surface area (Å²) in [6.45, 7) is 5.73. The van der Waals surface area contributed by atoms with E-state index in [1.165, 1.54) is 6.42 Å². The smallest absolute Gasteiger partial charge is 0.407 e. The van der Waals surface area contributed by atoms with E-state index in [0.717, 1.165) is 36.8 Å². The average molecular weight is 470 g/mol. The maximum atomic E-state index is 12.9. The topological polar surface area (TPSA) is 110 Å². The molecule has 1 heterocycles. The van der Waals surface area contributed by atoms with Crippen LogP contribution in [0, 0.1) is 5.92 Å². The van der Waals surface area contributed by atoms with Crippen molar-refractivity contribution in [2.24, 2.45) is 5.92 Å². The molecule has 0 saturated heterocycles. The van der Waals surface area contributed by atoms with E-state index in [2.05, 4.69) is 16.0 Å². The van der Waals surface area contributed by atoms with E-state index in [1.807, 2.05) is 45.0 Å². The quantitative estimate of drug-likeness (QED) is 0.557. The minimum atomic E-state index is -0.575.